The van der Waals surface area contributed by atoms with Gasteiger partial charge in [0.1, 0.15) is 5.75 Å². The number of nitrogens with one attached hydrogen (secondary N) is 2. The molecule has 24 heavy (non-hydrogen) atoms. The van der Waals surface area contributed by atoms with E-state index in [4.69, 9.17) is 0 Å². The molecule has 5 nitrogen and oxygen atoms in total. The normalized spacial score (nSPS) is 16.8. The van der Waals surface area contributed by atoms with Gasteiger partial charge in [-0.1, -0.05) is 18.2 Å². The third-order valence-electron chi connectivity index (χ3n) is 4.65. The van der Waals surface area contributed by atoms with E-state index < -0.39 is 0 Å². The summed E-state index contributed by atoms with van der Waals surface area (Å²) in [5.74, 6) is 0.428. The molecule has 1 aromatic heterocycles. The van der Waals surface area contributed by atoms with Gasteiger partial charge in [-0.25, -0.2) is 0 Å². The number of aromatic hydroxyl groups is 1. The summed E-state index contributed by atoms with van der Waals surface area (Å²) < 4.78 is 0. The summed E-state index contributed by atoms with van der Waals surface area (Å²) in [6.45, 7) is 6.07. The summed E-state index contributed by atoms with van der Waals surface area (Å²) >= 11 is 1.66. The van der Waals surface area contributed by atoms with Gasteiger partial charge in [-0.15, -0.1) is 11.3 Å². The molecule has 1 atom stereocenters. The van der Waals surface area contributed by atoms with Crippen LogP contribution < -0.4 is 15.1 Å². The minimum atomic E-state index is -0.0588. The number of nitrogens with zero attached hydrogens (tertiary/aromatic N) is 1. The summed E-state index contributed by atoms with van der Waals surface area (Å²) in [7, 11) is 0. The van der Waals surface area contributed by atoms with E-state index in [1.54, 1.807) is 17.4 Å². The van der Waals surface area contributed by atoms with Crippen LogP contribution in [-0.2, 0) is 11.3 Å². The van der Waals surface area contributed by atoms with Crippen molar-refractivity contribution in [2.24, 2.45) is 0 Å². The van der Waals surface area contributed by atoms with Crippen LogP contribution in [0.3, 0.4) is 0 Å². The van der Waals surface area contributed by atoms with Crippen molar-refractivity contribution in [2.45, 2.75) is 19.5 Å². The molecule has 128 valence electrons. The van der Waals surface area contributed by atoms with Crippen LogP contribution in [-0.4, -0.2) is 43.2 Å². The van der Waals surface area contributed by atoms with E-state index in [2.05, 4.69) is 10.2 Å². The number of phenolic OH excluding ortho intramolecular Hbond substituents is 1. The van der Waals surface area contributed by atoms with Gasteiger partial charge in [0.25, 0.3) is 5.91 Å². The third kappa shape index (κ3) is 3.88. The zero-order valence-electron chi connectivity index (χ0n) is 13.9. The van der Waals surface area contributed by atoms with Crippen LogP contribution in [0.2, 0.25) is 0 Å². The second kappa shape index (κ2) is 7.68. The largest absolute Gasteiger partial charge is 0.506 e. The maximum Gasteiger partial charge on any atom is 0.278 e. The summed E-state index contributed by atoms with van der Waals surface area (Å²) in [5, 5.41) is 15.0. The first-order valence-corrected chi connectivity index (χ1v) is 9.20. The second-order valence-electron chi connectivity index (χ2n) is 6.15. The molecule has 2 aromatic rings. The van der Waals surface area contributed by atoms with E-state index in [9.17, 15) is 9.90 Å². The van der Waals surface area contributed by atoms with Crippen LogP contribution in [0.15, 0.2) is 41.8 Å². The molecular formula is C18H24N3O2S+. The number of amides is 1. The van der Waals surface area contributed by atoms with Crippen molar-refractivity contribution in [2.75, 3.05) is 31.1 Å². The van der Waals surface area contributed by atoms with Gasteiger partial charge in [0.05, 0.1) is 38.4 Å². The van der Waals surface area contributed by atoms with Crippen molar-refractivity contribution in [1.82, 2.24) is 5.32 Å². The molecule has 0 spiro atoms. The molecular weight excluding hydrogens is 322 g/mol. The lowest BCUT2D eigenvalue weighted by Gasteiger charge is -2.36. The van der Waals surface area contributed by atoms with E-state index in [1.165, 1.54) is 9.78 Å². The number of phenols is 1. The van der Waals surface area contributed by atoms with E-state index in [-0.39, 0.29) is 11.9 Å². The molecule has 1 aliphatic heterocycles. The van der Waals surface area contributed by atoms with Crippen molar-refractivity contribution in [3.05, 3.63) is 46.7 Å². The summed E-state index contributed by atoms with van der Waals surface area (Å²) in [6.07, 6.45) is 0. The molecule has 2 heterocycles. The van der Waals surface area contributed by atoms with E-state index >= 15 is 0 Å². The Morgan fingerprint density at radius 3 is 2.71 bits per heavy atom. The Hall–Kier alpha value is -2.05. The Morgan fingerprint density at radius 1 is 1.29 bits per heavy atom. The molecule has 0 aliphatic carbocycles. The molecule has 0 bridgehead atoms. The quantitative estimate of drug-likeness (QED) is 0.753. The molecule has 1 aromatic carbocycles. The van der Waals surface area contributed by atoms with Crippen molar-refractivity contribution in [3.63, 3.8) is 0 Å². The summed E-state index contributed by atoms with van der Waals surface area (Å²) in [5.41, 5.74) is 0.881. The lowest BCUT2D eigenvalue weighted by molar-refractivity contribution is -0.914. The zero-order chi connectivity index (χ0) is 16.9. The predicted molar refractivity (Wildman–Crippen MR) is 96.6 cm³/mol. The molecule has 1 saturated heterocycles. The number of anilines is 1. The highest BCUT2D eigenvalue weighted by Crippen LogP contribution is 2.25. The van der Waals surface area contributed by atoms with E-state index in [0.717, 1.165) is 31.9 Å². The van der Waals surface area contributed by atoms with Gasteiger partial charge in [-0.2, -0.15) is 0 Å². The van der Waals surface area contributed by atoms with Crippen LogP contribution >= 0.6 is 11.3 Å². The van der Waals surface area contributed by atoms with Gasteiger partial charge >= 0.3 is 0 Å². The maximum absolute atomic E-state index is 12.4. The molecule has 0 unspecified atom stereocenters. The standard InChI is InChI=1S/C18H23N3O2S/c1-14(18(23)19-13-15-5-4-12-24-15)20-8-10-21(11-9-20)16-6-2-3-7-17(16)22/h2-7,12,14,22H,8-11,13H2,1H3,(H,19,23)/p+1/t14-/m0/s1. The summed E-state index contributed by atoms with van der Waals surface area (Å²) in [4.78, 5) is 17.0. The van der Waals surface area contributed by atoms with Crippen LogP contribution in [0.5, 0.6) is 5.75 Å². The fourth-order valence-corrected chi connectivity index (χ4v) is 3.77. The minimum Gasteiger partial charge on any atom is -0.506 e. The van der Waals surface area contributed by atoms with Gasteiger partial charge in [0.15, 0.2) is 6.04 Å². The number of para-hydroxylation sites is 2. The molecule has 1 fully saturated rings. The monoisotopic (exact) mass is 346 g/mol. The van der Waals surface area contributed by atoms with Crippen molar-refractivity contribution in [3.8, 4) is 5.75 Å². The second-order valence-corrected chi connectivity index (χ2v) is 7.19. The zero-order valence-corrected chi connectivity index (χ0v) is 14.7. The highest BCUT2D eigenvalue weighted by Gasteiger charge is 2.29. The van der Waals surface area contributed by atoms with Gasteiger partial charge < -0.3 is 20.2 Å². The number of thiophene rings is 1. The average molecular weight is 346 g/mol. The number of hydrogen-bond donors (Lipinski definition) is 3. The number of piperazine rings is 1. The van der Waals surface area contributed by atoms with E-state index in [1.807, 2.05) is 42.6 Å². The van der Waals surface area contributed by atoms with Gasteiger partial charge in [0.2, 0.25) is 0 Å². The lowest BCUT2D eigenvalue weighted by Crippen LogP contribution is -3.19. The number of carbonyl (C=O) groups excluding carboxylic acids is 1. The van der Waals surface area contributed by atoms with E-state index in [0.29, 0.717) is 12.3 Å². The molecule has 0 radical (unpaired) electrons. The fraction of sp³-hybridized carbons (Fsp3) is 0.389. The smallest absolute Gasteiger partial charge is 0.278 e. The Kier molecular flexibility index (Phi) is 5.37. The van der Waals surface area contributed by atoms with Crippen LogP contribution in [0, 0.1) is 0 Å². The Balaban J connectivity index is 1.50. The number of rotatable bonds is 5. The fourth-order valence-electron chi connectivity index (χ4n) is 3.13. The Morgan fingerprint density at radius 2 is 2.04 bits per heavy atom. The van der Waals surface area contributed by atoms with Gasteiger partial charge in [0, 0.05) is 4.88 Å². The molecule has 3 N–H and O–H groups in total. The van der Waals surface area contributed by atoms with Crippen molar-refractivity contribution < 1.29 is 14.8 Å². The third-order valence-corrected chi connectivity index (χ3v) is 5.53. The number of carbonyl (C=O) groups is 1. The molecule has 3 rings (SSSR count). The average Bonchev–Trinajstić information content (AvgIpc) is 3.13. The highest BCUT2D eigenvalue weighted by molar-refractivity contribution is 7.09. The minimum absolute atomic E-state index is 0.0588. The van der Waals surface area contributed by atoms with Gasteiger partial charge in [-0.3, -0.25) is 4.79 Å². The van der Waals surface area contributed by atoms with Crippen molar-refractivity contribution in [1.29, 1.82) is 0 Å². The SMILES string of the molecule is C[C@@H](C(=O)NCc1cccs1)[NH+]1CCN(c2ccccc2O)CC1. The first-order chi connectivity index (χ1) is 11.6. The van der Waals surface area contributed by atoms with Crippen LogP contribution in [0.25, 0.3) is 0 Å². The highest BCUT2D eigenvalue weighted by atomic mass is 32.1. The Bertz CT molecular complexity index is 667. The molecule has 1 amide bonds. The molecule has 1 aliphatic rings. The number of benzene rings is 1. The van der Waals surface area contributed by atoms with Crippen LogP contribution in [0.1, 0.15) is 11.8 Å². The first kappa shape index (κ1) is 16.8. The lowest BCUT2D eigenvalue weighted by atomic mass is 10.2. The first-order valence-electron chi connectivity index (χ1n) is 8.33. The number of quaternary nitrogens is 1. The maximum atomic E-state index is 12.4. The van der Waals surface area contributed by atoms with Crippen molar-refractivity contribution >= 4 is 22.9 Å². The summed E-state index contributed by atoms with van der Waals surface area (Å²) in [6, 6.07) is 11.4. The topological polar surface area (TPSA) is 57.0 Å². The predicted octanol–water partition coefficient (Wildman–Crippen LogP) is 0.863. The molecule has 0 saturated carbocycles. The Labute approximate surface area is 146 Å². The number of hydrogen-bond acceptors (Lipinski definition) is 4. The van der Waals surface area contributed by atoms with Crippen LogP contribution in [0.4, 0.5) is 5.69 Å². The molecule has 6 heteroatoms. The van der Waals surface area contributed by atoms with Gasteiger partial charge in [-0.05, 0) is 30.5 Å².